The van der Waals surface area contributed by atoms with Gasteiger partial charge < -0.3 is 20.9 Å². The van der Waals surface area contributed by atoms with E-state index in [4.69, 9.17) is 5.73 Å². The summed E-state index contributed by atoms with van der Waals surface area (Å²) < 4.78 is 4.36. The molecule has 0 aromatic heterocycles. The highest BCUT2D eigenvalue weighted by Crippen LogP contribution is 2.03. The van der Waals surface area contributed by atoms with Gasteiger partial charge in [0.1, 0.15) is 0 Å². The lowest BCUT2D eigenvalue weighted by Gasteiger charge is -2.22. The number of amides is 1. The molecular weight excluding hydrogens is 188 g/mol. The molecule has 0 spiro atoms. The molecule has 0 radical (unpaired) electrons. The van der Waals surface area contributed by atoms with Gasteiger partial charge in [-0.15, -0.1) is 0 Å². The third kappa shape index (κ3) is 3.71. The fraction of sp³-hybridized carbons (Fsp3) is 0.750. The van der Waals surface area contributed by atoms with Crippen molar-refractivity contribution < 1.29 is 19.4 Å². The lowest BCUT2D eigenvalue weighted by atomic mass is 10.1. The van der Waals surface area contributed by atoms with Crippen LogP contribution >= 0.6 is 0 Å². The van der Waals surface area contributed by atoms with E-state index in [-0.39, 0.29) is 6.54 Å². The van der Waals surface area contributed by atoms with Crippen LogP contribution in [0.15, 0.2) is 0 Å². The molecule has 0 bridgehead atoms. The predicted molar refractivity (Wildman–Crippen MR) is 49.3 cm³/mol. The van der Waals surface area contributed by atoms with Crippen LogP contribution in [0.25, 0.3) is 0 Å². The highest BCUT2D eigenvalue weighted by Gasteiger charge is 2.31. The van der Waals surface area contributed by atoms with Crippen LogP contribution < -0.4 is 11.1 Å². The zero-order chi connectivity index (χ0) is 11.4. The lowest BCUT2D eigenvalue weighted by molar-refractivity contribution is -0.160. The number of primary amides is 1. The third-order valence-electron chi connectivity index (χ3n) is 1.80. The van der Waals surface area contributed by atoms with Crippen molar-refractivity contribution in [1.82, 2.24) is 5.32 Å². The van der Waals surface area contributed by atoms with Crippen LogP contribution in [0.4, 0.5) is 0 Å². The summed E-state index contributed by atoms with van der Waals surface area (Å²) in [6.45, 7) is 2.74. The molecule has 82 valence electrons. The number of hydrogen-bond acceptors (Lipinski definition) is 5. The Kier molecular flexibility index (Phi) is 4.52. The second kappa shape index (κ2) is 4.92. The molecule has 0 heterocycles. The number of carbonyl (C=O) groups excluding carboxylic acids is 2. The van der Waals surface area contributed by atoms with Gasteiger partial charge >= 0.3 is 5.97 Å². The first kappa shape index (κ1) is 12.9. The summed E-state index contributed by atoms with van der Waals surface area (Å²) in [7, 11) is 1.17. The third-order valence-corrected chi connectivity index (χ3v) is 1.80. The van der Waals surface area contributed by atoms with Gasteiger partial charge in [-0.25, -0.2) is 4.79 Å². The van der Waals surface area contributed by atoms with E-state index >= 15 is 0 Å². The van der Waals surface area contributed by atoms with Crippen LogP contribution in [0.5, 0.6) is 0 Å². The van der Waals surface area contributed by atoms with E-state index in [1.807, 2.05) is 0 Å². The smallest absolute Gasteiger partial charge is 0.338 e. The van der Waals surface area contributed by atoms with Crippen LogP contribution in [0.2, 0.25) is 0 Å². The minimum Gasteiger partial charge on any atom is -0.467 e. The SMILES string of the molecule is COC(=O)C(C)(O)CNC(C)C(N)=O. The molecule has 6 nitrogen and oxygen atoms in total. The van der Waals surface area contributed by atoms with Crippen molar-refractivity contribution in [3.63, 3.8) is 0 Å². The van der Waals surface area contributed by atoms with Gasteiger partial charge in [-0.1, -0.05) is 0 Å². The number of esters is 1. The first-order chi connectivity index (χ1) is 6.31. The van der Waals surface area contributed by atoms with Crippen molar-refractivity contribution in [2.45, 2.75) is 25.5 Å². The lowest BCUT2D eigenvalue weighted by Crippen LogP contribution is -2.50. The topological polar surface area (TPSA) is 102 Å². The number of aliphatic hydroxyl groups is 1. The van der Waals surface area contributed by atoms with Gasteiger partial charge in [0.15, 0.2) is 5.60 Å². The van der Waals surface area contributed by atoms with Gasteiger partial charge in [-0.3, -0.25) is 4.79 Å². The Morgan fingerprint density at radius 1 is 1.64 bits per heavy atom. The number of ether oxygens (including phenoxy) is 1. The predicted octanol–water partition coefficient (Wildman–Crippen LogP) is -1.63. The second-order valence-corrected chi connectivity index (χ2v) is 3.27. The average Bonchev–Trinajstić information content (AvgIpc) is 2.12. The van der Waals surface area contributed by atoms with Gasteiger partial charge in [-0.05, 0) is 13.8 Å². The summed E-state index contributed by atoms with van der Waals surface area (Å²) in [6, 6.07) is -0.605. The minimum absolute atomic E-state index is 0.0935. The fourth-order valence-electron chi connectivity index (χ4n) is 0.744. The standard InChI is InChI=1S/C8H16N2O4/c1-5(6(9)11)10-4-8(2,13)7(12)14-3/h5,10,13H,4H2,1-3H3,(H2,9,11). The molecule has 6 heteroatoms. The number of carbonyl (C=O) groups is 2. The van der Waals surface area contributed by atoms with Gasteiger partial charge in [0.2, 0.25) is 5.91 Å². The second-order valence-electron chi connectivity index (χ2n) is 3.27. The number of methoxy groups -OCH3 is 1. The van der Waals surface area contributed by atoms with Crippen molar-refractivity contribution >= 4 is 11.9 Å². The number of rotatable bonds is 5. The number of hydrogen-bond donors (Lipinski definition) is 3. The van der Waals surface area contributed by atoms with Gasteiger partial charge in [0.25, 0.3) is 0 Å². The van der Waals surface area contributed by atoms with Crippen LogP contribution in [0, 0.1) is 0 Å². The molecule has 0 saturated carbocycles. The summed E-state index contributed by atoms with van der Waals surface area (Å²) in [5, 5.41) is 12.1. The Bertz CT molecular complexity index is 227. The first-order valence-electron chi connectivity index (χ1n) is 4.14. The van der Waals surface area contributed by atoms with Crippen molar-refractivity contribution in [2.75, 3.05) is 13.7 Å². The fourth-order valence-corrected chi connectivity index (χ4v) is 0.744. The van der Waals surface area contributed by atoms with Gasteiger partial charge in [0, 0.05) is 6.54 Å². The molecule has 4 N–H and O–H groups in total. The summed E-state index contributed by atoms with van der Waals surface area (Å²) in [6.07, 6.45) is 0. The molecule has 2 unspecified atom stereocenters. The van der Waals surface area contributed by atoms with Gasteiger partial charge in [-0.2, -0.15) is 0 Å². The zero-order valence-corrected chi connectivity index (χ0v) is 8.53. The normalized spacial score (nSPS) is 16.9. The number of nitrogens with one attached hydrogen (secondary N) is 1. The Balaban J connectivity index is 4.11. The molecular formula is C8H16N2O4. The van der Waals surface area contributed by atoms with Crippen molar-refractivity contribution in [1.29, 1.82) is 0 Å². The molecule has 0 aromatic rings. The highest BCUT2D eigenvalue weighted by atomic mass is 16.5. The molecule has 0 aliphatic rings. The Morgan fingerprint density at radius 2 is 2.14 bits per heavy atom. The molecule has 0 fully saturated rings. The quantitative estimate of drug-likeness (QED) is 0.467. The summed E-state index contributed by atoms with van der Waals surface area (Å²) >= 11 is 0. The molecule has 14 heavy (non-hydrogen) atoms. The molecule has 2 atom stereocenters. The Labute approximate surface area is 82.4 Å². The zero-order valence-electron chi connectivity index (χ0n) is 8.53. The van der Waals surface area contributed by atoms with E-state index in [0.717, 1.165) is 0 Å². The van der Waals surface area contributed by atoms with Gasteiger partial charge in [0.05, 0.1) is 13.2 Å². The van der Waals surface area contributed by atoms with E-state index in [0.29, 0.717) is 0 Å². The maximum absolute atomic E-state index is 11.0. The monoisotopic (exact) mass is 204 g/mol. The first-order valence-corrected chi connectivity index (χ1v) is 4.14. The van der Waals surface area contributed by atoms with E-state index in [1.165, 1.54) is 21.0 Å². The molecule has 0 aliphatic heterocycles. The largest absolute Gasteiger partial charge is 0.467 e. The van der Waals surface area contributed by atoms with Crippen molar-refractivity contribution in [2.24, 2.45) is 5.73 Å². The highest BCUT2D eigenvalue weighted by molar-refractivity contribution is 5.80. The molecule has 0 rings (SSSR count). The summed E-state index contributed by atoms with van der Waals surface area (Å²) in [5.74, 6) is -1.31. The van der Waals surface area contributed by atoms with Crippen LogP contribution in [-0.4, -0.2) is 42.3 Å². The van der Waals surface area contributed by atoms with Crippen LogP contribution in [0.3, 0.4) is 0 Å². The van der Waals surface area contributed by atoms with E-state index in [1.54, 1.807) is 0 Å². The van der Waals surface area contributed by atoms with E-state index in [9.17, 15) is 14.7 Å². The maximum Gasteiger partial charge on any atom is 0.338 e. The summed E-state index contributed by atoms with van der Waals surface area (Å²) in [4.78, 5) is 21.6. The van der Waals surface area contributed by atoms with Crippen molar-refractivity contribution in [3.8, 4) is 0 Å². The van der Waals surface area contributed by atoms with Crippen LogP contribution in [-0.2, 0) is 14.3 Å². The Hall–Kier alpha value is -1.14. The molecule has 0 aliphatic carbocycles. The van der Waals surface area contributed by atoms with Crippen LogP contribution in [0.1, 0.15) is 13.8 Å². The number of nitrogens with two attached hydrogens (primary N) is 1. The maximum atomic E-state index is 11.0. The minimum atomic E-state index is -1.65. The Morgan fingerprint density at radius 3 is 2.50 bits per heavy atom. The average molecular weight is 204 g/mol. The molecule has 0 aromatic carbocycles. The molecule has 1 amide bonds. The van der Waals surface area contributed by atoms with Crippen molar-refractivity contribution in [3.05, 3.63) is 0 Å². The van der Waals surface area contributed by atoms with E-state index in [2.05, 4.69) is 10.1 Å². The van der Waals surface area contributed by atoms with E-state index < -0.39 is 23.5 Å². The molecule has 0 saturated heterocycles. The summed E-state index contributed by atoms with van der Waals surface area (Å²) in [5.41, 5.74) is 3.32.